The number of hydrogen-bond donors (Lipinski definition) is 3. The Morgan fingerprint density at radius 2 is 1.74 bits per heavy atom. The zero-order valence-corrected chi connectivity index (χ0v) is 33.6. The molecule has 304 valence electrons. The van der Waals surface area contributed by atoms with E-state index >= 15 is 0 Å². The van der Waals surface area contributed by atoms with Crippen LogP contribution in [0.3, 0.4) is 0 Å². The molecule has 0 bridgehead atoms. The molecule has 4 aliphatic rings. The number of carbonyl (C=O) groups excluding carboxylic acids is 4. The largest absolute Gasteiger partial charge is 0.497 e. The molecule has 3 aliphatic carbocycles. The molecule has 14 nitrogen and oxygen atoms in total. The summed E-state index contributed by atoms with van der Waals surface area (Å²) >= 11 is 0. The zero-order chi connectivity index (χ0) is 40.7. The standard InChI is InChI=1S/C42H51N5O9S/c1-6-27-23-42(27,39(50)46-57(52,53)30-17-18-30)45-37(48)34-21-29(24-47(34)38(49)36(26-14-10-11-15-26)44-40(51)56-41(2,3)4)55-35-22-32(25-12-8-7-9-13-25)43-33-20-28(54-5)16-19-31(33)35/h6-9,12-13,16,19-20,22,26-27,29-30,34,36H,1,10-11,14-15,17-18,21,23-24H2,2-5H3,(H,44,51)(H,45,48)(H,46,50)/t27-,29-,34+,36+,42-/m1/s1. The number of methoxy groups -OCH3 is 1. The molecule has 7 rings (SSSR count). The smallest absolute Gasteiger partial charge is 0.408 e. The van der Waals surface area contributed by atoms with E-state index in [2.05, 4.69) is 21.9 Å². The highest BCUT2D eigenvalue weighted by Crippen LogP contribution is 2.46. The fourth-order valence-electron chi connectivity index (χ4n) is 8.02. The number of carbonyl (C=O) groups is 4. The average molecular weight is 802 g/mol. The lowest BCUT2D eigenvalue weighted by Gasteiger charge is -2.32. The Labute approximate surface area is 333 Å². The van der Waals surface area contributed by atoms with Crippen molar-refractivity contribution in [3.8, 4) is 22.8 Å². The summed E-state index contributed by atoms with van der Waals surface area (Å²) in [6.45, 7) is 9.00. The van der Waals surface area contributed by atoms with Crippen LogP contribution in [0.4, 0.5) is 4.79 Å². The first-order valence-corrected chi connectivity index (χ1v) is 21.2. The van der Waals surface area contributed by atoms with Crippen LogP contribution in [-0.4, -0.2) is 90.3 Å². The molecule has 15 heteroatoms. The van der Waals surface area contributed by atoms with Gasteiger partial charge in [-0.3, -0.25) is 19.1 Å². The summed E-state index contributed by atoms with van der Waals surface area (Å²) in [6.07, 6.45) is 4.34. The maximum absolute atomic E-state index is 14.8. The van der Waals surface area contributed by atoms with E-state index in [4.69, 9.17) is 19.2 Å². The fourth-order valence-corrected chi connectivity index (χ4v) is 9.38. The lowest BCUT2D eigenvalue weighted by atomic mass is 9.96. The number of nitrogens with zero attached hydrogens (tertiary/aromatic N) is 2. The van der Waals surface area contributed by atoms with Gasteiger partial charge in [0.15, 0.2) is 0 Å². The van der Waals surface area contributed by atoms with Gasteiger partial charge in [-0.25, -0.2) is 18.2 Å². The van der Waals surface area contributed by atoms with Gasteiger partial charge in [0.25, 0.3) is 5.91 Å². The molecule has 3 aromatic rings. The van der Waals surface area contributed by atoms with Gasteiger partial charge in [0.2, 0.25) is 21.8 Å². The summed E-state index contributed by atoms with van der Waals surface area (Å²) in [4.78, 5) is 62.4. The summed E-state index contributed by atoms with van der Waals surface area (Å²) in [5, 5.41) is 5.71. The molecule has 0 spiro atoms. The highest BCUT2D eigenvalue weighted by molar-refractivity contribution is 7.91. The van der Waals surface area contributed by atoms with E-state index < -0.39 is 74.3 Å². The molecule has 57 heavy (non-hydrogen) atoms. The minimum atomic E-state index is -3.91. The second kappa shape index (κ2) is 15.6. The average Bonchev–Trinajstić information content (AvgIpc) is 4.05. The number of hydrogen-bond acceptors (Lipinski definition) is 10. The number of fused-ring (bicyclic) bond motifs is 1. The zero-order valence-electron chi connectivity index (χ0n) is 32.8. The highest BCUT2D eigenvalue weighted by atomic mass is 32.2. The lowest BCUT2D eigenvalue weighted by Crippen LogP contribution is -2.59. The number of aromatic nitrogens is 1. The highest BCUT2D eigenvalue weighted by Gasteiger charge is 2.62. The van der Waals surface area contributed by atoms with Crippen LogP contribution in [0.2, 0.25) is 0 Å². The van der Waals surface area contributed by atoms with Crippen LogP contribution >= 0.6 is 0 Å². The third kappa shape index (κ3) is 8.73. The van der Waals surface area contributed by atoms with Gasteiger partial charge in [-0.15, -0.1) is 6.58 Å². The number of ether oxygens (including phenoxy) is 3. The summed E-state index contributed by atoms with van der Waals surface area (Å²) in [6, 6.07) is 14.8. The second-order valence-electron chi connectivity index (χ2n) is 16.6. The Hall–Kier alpha value is -5.18. The van der Waals surface area contributed by atoms with E-state index in [-0.39, 0.29) is 25.3 Å². The summed E-state index contributed by atoms with van der Waals surface area (Å²) in [5.74, 6) is -1.58. The van der Waals surface area contributed by atoms with Crippen LogP contribution in [0.5, 0.6) is 11.5 Å². The van der Waals surface area contributed by atoms with Gasteiger partial charge in [-0.2, -0.15) is 0 Å². The fraction of sp³-hybridized carbons (Fsp3) is 0.500. The van der Waals surface area contributed by atoms with Crippen molar-refractivity contribution in [3.63, 3.8) is 0 Å². The molecule has 3 saturated carbocycles. The number of alkyl carbamates (subject to hydrolysis) is 1. The molecular weight excluding hydrogens is 751 g/mol. The predicted octanol–water partition coefficient (Wildman–Crippen LogP) is 5.01. The Morgan fingerprint density at radius 3 is 2.37 bits per heavy atom. The van der Waals surface area contributed by atoms with Gasteiger partial charge >= 0.3 is 6.09 Å². The molecule has 4 fully saturated rings. The van der Waals surface area contributed by atoms with Crippen LogP contribution < -0.4 is 24.8 Å². The number of likely N-dealkylation sites (tertiary alicyclic amines) is 1. The van der Waals surface area contributed by atoms with Crippen LogP contribution in [0.1, 0.15) is 72.1 Å². The number of amides is 4. The Morgan fingerprint density at radius 1 is 1.02 bits per heavy atom. The second-order valence-corrected chi connectivity index (χ2v) is 18.5. The maximum Gasteiger partial charge on any atom is 0.408 e. The van der Waals surface area contributed by atoms with Crippen molar-refractivity contribution in [3.05, 3.63) is 67.3 Å². The maximum atomic E-state index is 14.8. The van der Waals surface area contributed by atoms with Gasteiger partial charge in [0.05, 0.1) is 30.1 Å². The molecule has 4 amide bonds. The van der Waals surface area contributed by atoms with Crippen molar-refractivity contribution in [1.82, 2.24) is 25.2 Å². The topological polar surface area (TPSA) is 182 Å². The van der Waals surface area contributed by atoms with E-state index in [9.17, 15) is 27.6 Å². The molecule has 0 radical (unpaired) electrons. The molecule has 3 N–H and O–H groups in total. The van der Waals surface area contributed by atoms with Gasteiger partial charge < -0.3 is 29.7 Å². The monoisotopic (exact) mass is 801 g/mol. The van der Waals surface area contributed by atoms with E-state index in [0.29, 0.717) is 53.8 Å². The van der Waals surface area contributed by atoms with Crippen LogP contribution in [0.15, 0.2) is 67.3 Å². The summed E-state index contributed by atoms with van der Waals surface area (Å²) in [7, 11) is -2.34. The molecule has 2 heterocycles. The quantitative estimate of drug-likeness (QED) is 0.199. The van der Waals surface area contributed by atoms with Crippen molar-refractivity contribution < 1.29 is 41.8 Å². The van der Waals surface area contributed by atoms with E-state index in [0.717, 1.165) is 18.4 Å². The van der Waals surface area contributed by atoms with Crippen LogP contribution in [-0.2, 0) is 29.1 Å². The first-order chi connectivity index (χ1) is 27.1. The molecule has 1 saturated heterocycles. The van der Waals surface area contributed by atoms with E-state index in [1.807, 2.05) is 48.5 Å². The number of sulfonamides is 1. The Bertz CT molecular complexity index is 2160. The van der Waals surface area contributed by atoms with Crippen molar-refractivity contribution in [2.45, 2.75) is 107 Å². The first-order valence-electron chi connectivity index (χ1n) is 19.6. The van der Waals surface area contributed by atoms with Crippen molar-refractivity contribution in [2.75, 3.05) is 13.7 Å². The molecule has 5 atom stereocenters. The third-order valence-corrected chi connectivity index (χ3v) is 13.1. The molecule has 1 aliphatic heterocycles. The van der Waals surface area contributed by atoms with Crippen molar-refractivity contribution in [2.24, 2.45) is 11.8 Å². The minimum Gasteiger partial charge on any atom is -0.497 e. The Kier molecular flexibility index (Phi) is 11.0. The minimum absolute atomic E-state index is 0.0169. The third-order valence-electron chi connectivity index (χ3n) is 11.2. The molecular formula is C42H51N5O9S. The molecule has 1 aromatic heterocycles. The van der Waals surface area contributed by atoms with Crippen molar-refractivity contribution in [1.29, 1.82) is 0 Å². The summed E-state index contributed by atoms with van der Waals surface area (Å²) in [5.41, 5.74) is -0.251. The van der Waals surface area contributed by atoms with Gasteiger partial charge in [0.1, 0.15) is 40.8 Å². The number of benzene rings is 2. The van der Waals surface area contributed by atoms with Crippen LogP contribution in [0, 0.1) is 11.8 Å². The van der Waals surface area contributed by atoms with Crippen molar-refractivity contribution >= 4 is 44.7 Å². The first kappa shape index (κ1) is 40.0. The summed E-state index contributed by atoms with van der Waals surface area (Å²) < 4.78 is 45.6. The van der Waals surface area contributed by atoms with Crippen LogP contribution in [0.25, 0.3) is 22.2 Å². The van der Waals surface area contributed by atoms with Gasteiger partial charge in [0, 0.05) is 35.4 Å². The Balaban J connectivity index is 1.22. The SMILES string of the molecule is C=C[C@@H]1C[C@]1(NC(=O)[C@@H]1C[C@@H](Oc2cc(-c3ccccc3)nc3cc(OC)ccc23)CN1C(=O)[C@@H](NC(=O)OC(C)(C)C)C1CCCC1)C(=O)NS(=O)(=O)C1CC1. The van der Waals surface area contributed by atoms with Gasteiger partial charge in [-0.05, 0) is 70.9 Å². The molecule has 2 aromatic carbocycles. The van der Waals surface area contributed by atoms with Gasteiger partial charge in [-0.1, -0.05) is 49.2 Å². The lowest BCUT2D eigenvalue weighted by molar-refractivity contribution is -0.142. The number of nitrogens with one attached hydrogen (secondary N) is 3. The predicted molar refractivity (Wildman–Crippen MR) is 213 cm³/mol. The molecule has 0 unspecified atom stereocenters. The number of pyridine rings is 1. The number of rotatable bonds is 13. The van der Waals surface area contributed by atoms with E-state index in [1.165, 1.54) is 11.0 Å². The normalized spacial score (nSPS) is 24.0. The van der Waals surface area contributed by atoms with E-state index in [1.54, 1.807) is 33.9 Å².